The van der Waals surface area contributed by atoms with Crippen molar-refractivity contribution in [3.63, 3.8) is 0 Å². The van der Waals surface area contributed by atoms with Crippen LogP contribution in [-0.4, -0.2) is 39.8 Å². The number of amides is 1. The van der Waals surface area contributed by atoms with Gasteiger partial charge in [0.25, 0.3) is 11.5 Å². The van der Waals surface area contributed by atoms with Crippen LogP contribution in [-0.2, 0) is 20.7 Å². The molecule has 0 unspecified atom stereocenters. The van der Waals surface area contributed by atoms with Crippen molar-refractivity contribution in [2.75, 3.05) is 13.1 Å². The molecule has 0 saturated carbocycles. The number of esters is 1. The van der Waals surface area contributed by atoms with Crippen molar-refractivity contribution in [2.45, 2.75) is 38.2 Å². The number of aryl methyl sites for hydroxylation is 1. The molecule has 1 N–H and O–H groups in total. The summed E-state index contributed by atoms with van der Waals surface area (Å²) in [6.45, 7) is 1.37. The minimum Gasteiger partial charge on any atom is -0.447 e. The molecule has 1 aliphatic rings. The Morgan fingerprint density at radius 3 is 2.48 bits per heavy atom. The first kappa shape index (κ1) is 20.8. The molecule has 31 heavy (non-hydrogen) atoms. The van der Waals surface area contributed by atoms with Gasteiger partial charge < -0.3 is 14.6 Å². The molecule has 1 amide bonds. The highest BCUT2D eigenvalue weighted by Crippen LogP contribution is 2.23. The Morgan fingerprint density at radius 2 is 1.71 bits per heavy atom. The summed E-state index contributed by atoms with van der Waals surface area (Å²) in [4.78, 5) is 46.8. The molecule has 7 nitrogen and oxygen atoms in total. The molecule has 1 fully saturated rings. The fourth-order valence-corrected chi connectivity index (χ4v) is 3.83. The van der Waals surface area contributed by atoms with Crippen LogP contribution < -0.4 is 5.56 Å². The van der Waals surface area contributed by atoms with E-state index in [0.717, 1.165) is 19.3 Å². The maximum atomic E-state index is 13.1. The largest absolute Gasteiger partial charge is 0.447 e. The first-order chi connectivity index (χ1) is 15.1. The van der Waals surface area contributed by atoms with Crippen molar-refractivity contribution >= 4 is 22.8 Å². The lowest BCUT2D eigenvalue weighted by atomic mass is 10.1. The Morgan fingerprint density at radius 1 is 1.00 bits per heavy atom. The molecule has 160 valence electrons. The third-order valence-corrected chi connectivity index (χ3v) is 5.47. The van der Waals surface area contributed by atoms with E-state index in [0.29, 0.717) is 35.4 Å². The van der Waals surface area contributed by atoms with Crippen LogP contribution in [0.4, 0.5) is 0 Å². The van der Waals surface area contributed by atoms with E-state index in [2.05, 4.69) is 9.97 Å². The Labute approximate surface area is 180 Å². The molecule has 2 aromatic carbocycles. The molecule has 0 bridgehead atoms. The number of piperidine rings is 1. The Balaban J connectivity index is 1.46. The number of carbonyl (C=O) groups excluding carboxylic acids is 2. The minimum absolute atomic E-state index is 0.0118. The van der Waals surface area contributed by atoms with Gasteiger partial charge in [-0.1, -0.05) is 42.5 Å². The van der Waals surface area contributed by atoms with Gasteiger partial charge in [-0.05, 0) is 31.4 Å². The molecule has 0 aliphatic carbocycles. The molecular weight excluding hydrogens is 394 g/mol. The lowest BCUT2D eigenvalue weighted by molar-refractivity contribution is -0.161. The number of aromatic amines is 1. The van der Waals surface area contributed by atoms with E-state index in [9.17, 15) is 14.4 Å². The van der Waals surface area contributed by atoms with Crippen molar-refractivity contribution in [2.24, 2.45) is 0 Å². The summed E-state index contributed by atoms with van der Waals surface area (Å²) in [5.41, 5.74) is 0.997. The standard InChI is InChI=1S/C24H25N3O4/c28-21(14-13-20-25-19-12-6-5-11-18(19)23(29)26-20)31-22(17-9-3-1-4-10-17)24(30)27-15-7-2-8-16-27/h1,3-6,9-12,22H,2,7-8,13-16H2,(H,25,26,29)/t22-/m1/s1. The third-order valence-electron chi connectivity index (χ3n) is 5.47. The number of nitrogens with zero attached hydrogens (tertiary/aromatic N) is 2. The second kappa shape index (κ2) is 9.55. The highest BCUT2D eigenvalue weighted by molar-refractivity contribution is 5.85. The number of aromatic nitrogens is 2. The first-order valence-corrected chi connectivity index (χ1v) is 10.6. The summed E-state index contributed by atoms with van der Waals surface area (Å²) < 4.78 is 5.64. The Kier molecular flexibility index (Phi) is 6.40. The minimum atomic E-state index is -0.963. The van der Waals surface area contributed by atoms with Crippen molar-refractivity contribution in [1.29, 1.82) is 0 Å². The predicted octanol–water partition coefficient (Wildman–Crippen LogP) is 3.15. The predicted molar refractivity (Wildman–Crippen MR) is 116 cm³/mol. The van der Waals surface area contributed by atoms with Crippen LogP contribution in [0.1, 0.15) is 43.2 Å². The van der Waals surface area contributed by atoms with Crippen LogP contribution in [0.2, 0.25) is 0 Å². The number of hydrogen-bond donors (Lipinski definition) is 1. The van der Waals surface area contributed by atoms with Gasteiger partial charge >= 0.3 is 5.97 Å². The molecule has 0 spiro atoms. The van der Waals surface area contributed by atoms with Gasteiger partial charge in [-0.25, -0.2) is 4.98 Å². The van der Waals surface area contributed by atoms with Gasteiger partial charge in [0, 0.05) is 25.1 Å². The highest BCUT2D eigenvalue weighted by Gasteiger charge is 2.30. The number of benzene rings is 2. The van der Waals surface area contributed by atoms with Gasteiger partial charge in [-0.2, -0.15) is 0 Å². The average molecular weight is 419 g/mol. The number of ether oxygens (including phenoxy) is 1. The lowest BCUT2D eigenvalue weighted by Gasteiger charge is -2.30. The SMILES string of the molecule is O=C(CCc1nc2ccccc2c(=O)[nH]1)O[C@@H](C(=O)N1CCCCC1)c1ccccc1. The van der Waals surface area contributed by atoms with Crippen molar-refractivity contribution in [3.8, 4) is 0 Å². The number of fused-ring (bicyclic) bond motifs is 1. The quantitative estimate of drug-likeness (QED) is 0.620. The maximum absolute atomic E-state index is 13.1. The monoisotopic (exact) mass is 419 g/mol. The van der Waals surface area contributed by atoms with Crippen LogP contribution in [0.5, 0.6) is 0 Å². The number of likely N-dealkylation sites (tertiary alicyclic amines) is 1. The van der Waals surface area contributed by atoms with Gasteiger partial charge in [0.05, 0.1) is 17.3 Å². The first-order valence-electron chi connectivity index (χ1n) is 10.6. The molecule has 1 aromatic heterocycles. The number of hydrogen-bond acceptors (Lipinski definition) is 5. The number of H-pyrrole nitrogens is 1. The number of nitrogens with one attached hydrogen (secondary N) is 1. The summed E-state index contributed by atoms with van der Waals surface area (Å²) in [7, 11) is 0. The fraction of sp³-hybridized carbons (Fsp3) is 0.333. The van der Waals surface area contributed by atoms with Gasteiger partial charge in [-0.15, -0.1) is 0 Å². The van der Waals surface area contributed by atoms with Crippen molar-refractivity contribution in [3.05, 3.63) is 76.3 Å². The van der Waals surface area contributed by atoms with E-state index in [1.54, 1.807) is 35.2 Å². The van der Waals surface area contributed by atoms with Gasteiger partial charge in [0.15, 0.2) is 0 Å². The summed E-state index contributed by atoms with van der Waals surface area (Å²) in [6.07, 6.45) is 2.30. The van der Waals surface area contributed by atoms with Gasteiger partial charge in [0.1, 0.15) is 5.82 Å². The molecule has 4 rings (SSSR count). The van der Waals surface area contributed by atoms with E-state index in [4.69, 9.17) is 4.74 Å². The molecule has 1 aliphatic heterocycles. The second-order valence-electron chi connectivity index (χ2n) is 7.70. The molecule has 1 saturated heterocycles. The Bertz CT molecular complexity index is 1120. The Hall–Kier alpha value is -3.48. The molecule has 0 radical (unpaired) electrons. The summed E-state index contributed by atoms with van der Waals surface area (Å²) in [5, 5.41) is 0.505. The normalized spacial score (nSPS) is 14.9. The van der Waals surface area contributed by atoms with E-state index in [1.165, 1.54) is 0 Å². The van der Waals surface area contributed by atoms with Crippen molar-refractivity contribution in [1.82, 2.24) is 14.9 Å². The zero-order valence-corrected chi connectivity index (χ0v) is 17.3. The molecule has 1 atom stereocenters. The van der Waals surface area contributed by atoms with Crippen LogP contribution in [0.15, 0.2) is 59.4 Å². The van der Waals surface area contributed by atoms with E-state index < -0.39 is 12.1 Å². The second-order valence-corrected chi connectivity index (χ2v) is 7.70. The van der Waals surface area contributed by atoms with Gasteiger partial charge in [-0.3, -0.25) is 14.4 Å². The lowest BCUT2D eigenvalue weighted by Crippen LogP contribution is -2.40. The summed E-state index contributed by atoms with van der Waals surface area (Å²) in [5.74, 6) is -0.272. The number of rotatable bonds is 6. The average Bonchev–Trinajstić information content (AvgIpc) is 2.82. The van der Waals surface area contributed by atoms with Crippen molar-refractivity contribution < 1.29 is 14.3 Å². The van der Waals surface area contributed by atoms with Crippen LogP contribution in [0, 0.1) is 0 Å². The zero-order chi connectivity index (χ0) is 21.6. The van der Waals surface area contributed by atoms with Crippen LogP contribution in [0.25, 0.3) is 10.9 Å². The number of carbonyl (C=O) groups is 2. The molecule has 2 heterocycles. The molecule has 7 heteroatoms. The van der Waals surface area contributed by atoms with E-state index in [-0.39, 0.29) is 24.3 Å². The summed E-state index contributed by atoms with van der Waals surface area (Å²) in [6, 6.07) is 16.1. The topological polar surface area (TPSA) is 92.4 Å². The molecular formula is C24H25N3O4. The maximum Gasteiger partial charge on any atom is 0.307 e. The van der Waals surface area contributed by atoms with Crippen LogP contribution >= 0.6 is 0 Å². The highest BCUT2D eigenvalue weighted by atomic mass is 16.5. The summed E-state index contributed by atoms with van der Waals surface area (Å²) >= 11 is 0. The third kappa shape index (κ3) is 4.99. The zero-order valence-electron chi connectivity index (χ0n) is 17.3. The molecule has 3 aromatic rings. The van der Waals surface area contributed by atoms with Crippen LogP contribution in [0.3, 0.4) is 0 Å². The fourth-order valence-electron chi connectivity index (χ4n) is 3.83. The van der Waals surface area contributed by atoms with E-state index in [1.807, 2.05) is 24.3 Å². The smallest absolute Gasteiger partial charge is 0.307 e. The number of para-hydroxylation sites is 1. The van der Waals surface area contributed by atoms with Gasteiger partial charge in [0.2, 0.25) is 6.10 Å². The van der Waals surface area contributed by atoms with E-state index >= 15 is 0 Å².